The van der Waals surface area contributed by atoms with Crippen molar-refractivity contribution in [2.75, 3.05) is 0 Å². The number of carbonyl (C=O) groups excluding carboxylic acids is 1. The lowest BCUT2D eigenvalue weighted by Crippen LogP contribution is -2.33. The Morgan fingerprint density at radius 3 is 2.74 bits per heavy atom. The molecule has 2 aromatic heterocycles. The van der Waals surface area contributed by atoms with Gasteiger partial charge in [0.15, 0.2) is 0 Å². The molecule has 0 aliphatic carbocycles. The standard InChI is InChI=1S/C26H23N3OS/c1-3-17(2)28-26(30)23-15-27-16-29(23)19-9-6-8-18(14-19)20-11-7-12-22-21-10-4-5-13-24(21)31-25(20)22/h4-17H,3H2,1-2H3,(H,28,30)/t17-/m1/s1. The predicted octanol–water partition coefficient (Wildman–Crippen LogP) is 6.44. The van der Waals surface area contributed by atoms with Crippen molar-refractivity contribution in [1.29, 1.82) is 0 Å². The van der Waals surface area contributed by atoms with Crippen LogP contribution >= 0.6 is 11.3 Å². The molecule has 1 amide bonds. The fourth-order valence-electron chi connectivity index (χ4n) is 3.87. The molecule has 0 fully saturated rings. The number of hydrogen-bond acceptors (Lipinski definition) is 3. The minimum atomic E-state index is -0.108. The molecule has 1 atom stereocenters. The van der Waals surface area contributed by atoms with Gasteiger partial charge in [0.25, 0.3) is 5.91 Å². The molecule has 154 valence electrons. The largest absolute Gasteiger partial charge is 0.348 e. The number of rotatable bonds is 5. The number of thiophene rings is 1. The first-order valence-corrected chi connectivity index (χ1v) is 11.3. The van der Waals surface area contributed by atoms with Gasteiger partial charge in [-0.3, -0.25) is 9.36 Å². The van der Waals surface area contributed by atoms with Crippen LogP contribution in [0, 0.1) is 0 Å². The average molecular weight is 426 g/mol. The van der Waals surface area contributed by atoms with Crippen LogP contribution < -0.4 is 5.32 Å². The number of fused-ring (bicyclic) bond motifs is 3. The van der Waals surface area contributed by atoms with Crippen molar-refractivity contribution in [2.45, 2.75) is 26.3 Å². The second-order valence-corrected chi connectivity index (χ2v) is 8.81. The molecule has 0 saturated carbocycles. The Morgan fingerprint density at radius 1 is 1.06 bits per heavy atom. The van der Waals surface area contributed by atoms with Crippen molar-refractivity contribution in [3.63, 3.8) is 0 Å². The highest BCUT2D eigenvalue weighted by atomic mass is 32.1. The highest BCUT2D eigenvalue weighted by Crippen LogP contribution is 2.40. The van der Waals surface area contributed by atoms with Gasteiger partial charge in [-0.25, -0.2) is 4.98 Å². The van der Waals surface area contributed by atoms with Crippen LogP contribution in [0.25, 0.3) is 37.0 Å². The molecule has 5 rings (SSSR count). The van der Waals surface area contributed by atoms with E-state index in [4.69, 9.17) is 0 Å². The molecule has 4 nitrogen and oxygen atoms in total. The quantitative estimate of drug-likeness (QED) is 0.352. The van der Waals surface area contributed by atoms with E-state index in [1.807, 2.05) is 35.0 Å². The Morgan fingerprint density at radius 2 is 1.87 bits per heavy atom. The molecule has 1 N–H and O–H groups in total. The molecular formula is C26H23N3OS. The third-order valence-corrected chi connectivity index (χ3v) is 6.92. The minimum absolute atomic E-state index is 0.108. The fourth-order valence-corrected chi connectivity index (χ4v) is 5.10. The maximum atomic E-state index is 12.7. The van der Waals surface area contributed by atoms with E-state index in [1.165, 1.54) is 25.7 Å². The SMILES string of the molecule is CC[C@@H](C)NC(=O)c1cncn1-c1cccc(-c2cccc3c2sc2ccccc23)c1. The number of benzene rings is 3. The van der Waals surface area contributed by atoms with Crippen molar-refractivity contribution in [3.8, 4) is 16.8 Å². The molecule has 0 bridgehead atoms. The summed E-state index contributed by atoms with van der Waals surface area (Å²) in [4.78, 5) is 17.0. The summed E-state index contributed by atoms with van der Waals surface area (Å²) in [6, 6.07) is 23.4. The first-order valence-electron chi connectivity index (χ1n) is 10.5. The molecule has 0 unspecified atom stereocenters. The molecule has 3 aromatic carbocycles. The van der Waals surface area contributed by atoms with Gasteiger partial charge in [0.2, 0.25) is 0 Å². The summed E-state index contributed by atoms with van der Waals surface area (Å²) in [5, 5.41) is 5.60. The Balaban J connectivity index is 1.59. The van der Waals surface area contributed by atoms with E-state index in [0.29, 0.717) is 5.69 Å². The maximum absolute atomic E-state index is 12.7. The third kappa shape index (κ3) is 3.51. The smallest absolute Gasteiger partial charge is 0.270 e. The summed E-state index contributed by atoms with van der Waals surface area (Å²) >= 11 is 1.82. The van der Waals surface area contributed by atoms with Crippen LogP contribution in [-0.4, -0.2) is 21.5 Å². The zero-order chi connectivity index (χ0) is 21.4. The van der Waals surface area contributed by atoms with Crippen molar-refractivity contribution in [2.24, 2.45) is 0 Å². The van der Waals surface area contributed by atoms with Crippen LogP contribution in [0.4, 0.5) is 0 Å². The van der Waals surface area contributed by atoms with Gasteiger partial charge in [-0.05, 0) is 42.7 Å². The maximum Gasteiger partial charge on any atom is 0.270 e. The second kappa shape index (κ2) is 8.00. The first kappa shape index (κ1) is 19.5. The molecular weight excluding hydrogens is 402 g/mol. The topological polar surface area (TPSA) is 46.9 Å². The number of hydrogen-bond donors (Lipinski definition) is 1. The number of aromatic nitrogens is 2. The van der Waals surface area contributed by atoms with Crippen molar-refractivity contribution < 1.29 is 4.79 Å². The summed E-state index contributed by atoms with van der Waals surface area (Å²) in [7, 11) is 0. The zero-order valence-electron chi connectivity index (χ0n) is 17.5. The van der Waals surface area contributed by atoms with Gasteiger partial charge in [0.1, 0.15) is 5.69 Å². The van der Waals surface area contributed by atoms with E-state index in [2.05, 4.69) is 71.8 Å². The predicted molar refractivity (Wildman–Crippen MR) is 129 cm³/mol. The van der Waals surface area contributed by atoms with Crippen molar-refractivity contribution in [3.05, 3.63) is 84.9 Å². The minimum Gasteiger partial charge on any atom is -0.348 e. The second-order valence-electron chi connectivity index (χ2n) is 7.76. The van der Waals surface area contributed by atoms with Crippen LogP contribution in [0.5, 0.6) is 0 Å². The van der Waals surface area contributed by atoms with Crippen LogP contribution in [0.3, 0.4) is 0 Å². The average Bonchev–Trinajstić information content (AvgIpc) is 3.44. The zero-order valence-corrected chi connectivity index (χ0v) is 18.3. The summed E-state index contributed by atoms with van der Waals surface area (Å²) in [6.45, 7) is 4.06. The van der Waals surface area contributed by atoms with E-state index < -0.39 is 0 Å². The number of nitrogens with zero attached hydrogens (tertiary/aromatic N) is 2. The van der Waals surface area contributed by atoms with Gasteiger partial charge >= 0.3 is 0 Å². The lowest BCUT2D eigenvalue weighted by atomic mass is 10.0. The van der Waals surface area contributed by atoms with Gasteiger partial charge in [-0.1, -0.05) is 55.5 Å². The molecule has 0 aliphatic rings. The van der Waals surface area contributed by atoms with E-state index in [1.54, 1.807) is 12.5 Å². The highest BCUT2D eigenvalue weighted by Gasteiger charge is 2.16. The molecule has 5 heteroatoms. The Labute approximate surface area is 185 Å². The molecule has 5 aromatic rings. The summed E-state index contributed by atoms with van der Waals surface area (Å²) in [5.74, 6) is -0.108. The summed E-state index contributed by atoms with van der Waals surface area (Å²) in [6.07, 6.45) is 4.20. The fraction of sp³-hybridized carbons (Fsp3) is 0.154. The van der Waals surface area contributed by atoms with Crippen LogP contribution in [0.1, 0.15) is 30.8 Å². The van der Waals surface area contributed by atoms with Gasteiger partial charge < -0.3 is 5.32 Å². The number of carbonyl (C=O) groups is 1. The van der Waals surface area contributed by atoms with E-state index in [-0.39, 0.29) is 11.9 Å². The van der Waals surface area contributed by atoms with E-state index in [0.717, 1.165) is 17.7 Å². The van der Waals surface area contributed by atoms with Gasteiger partial charge in [-0.15, -0.1) is 11.3 Å². The van der Waals surface area contributed by atoms with Crippen molar-refractivity contribution >= 4 is 37.4 Å². The molecule has 31 heavy (non-hydrogen) atoms. The number of nitrogens with one attached hydrogen (secondary N) is 1. The third-order valence-electron chi connectivity index (χ3n) is 5.70. The Hall–Kier alpha value is -3.44. The van der Waals surface area contributed by atoms with Crippen molar-refractivity contribution in [1.82, 2.24) is 14.9 Å². The van der Waals surface area contributed by atoms with Crippen LogP contribution in [-0.2, 0) is 0 Å². The van der Waals surface area contributed by atoms with E-state index >= 15 is 0 Å². The van der Waals surface area contributed by atoms with Gasteiger partial charge in [0.05, 0.1) is 12.5 Å². The summed E-state index contributed by atoms with van der Waals surface area (Å²) < 4.78 is 4.42. The normalized spacial score (nSPS) is 12.3. The monoisotopic (exact) mass is 425 g/mol. The number of imidazole rings is 1. The Bertz CT molecular complexity index is 1400. The highest BCUT2D eigenvalue weighted by molar-refractivity contribution is 7.26. The molecule has 2 heterocycles. The Kier molecular flexibility index (Phi) is 5.04. The lowest BCUT2D eigenvalue weighted by Gasteiger charge is -2.13. The van der Waals surface area contributed by atoms with Crippen LogP contribution in [0.15, 0.2) is 79.3 Å². The molecule has 0 radical (unpaired) electrons. The van der Waals surface area contributed by atoms with Crippen LogP contribution in [0.2, 0.25) is 0 Å². The lowest BCUT2D eigenvalue weighted by molar-refractivity contribution is 0.0932. The van der Waals surface area contributed by atoms with Gasteiger partial charge in [-0.2, -0.15) is 0 Å². The molecule has 0 saturated heterocycles. The van der Waals surface area contributed by atoms with Gasteiger partial charge in [0, 0.05) is 31.9 Å². The number of amides is 1. The molecule has 0 spiro atoms. The first-order chi connectivity index (χ1) is 15.2. The summed E-state index contributed by atoms with van der Waals surface area (Å²) in [5.41, 5.74) is 3.78. The molecule has 0 aliphatic heterocycles. The van der Waals surface area contributed by atoms with E-state index in [9.17, 15) is 4.79 Å².